The summed E-state index contributed by atoms with van der Waals surface area (Å²) in [6.45, 7) is 3.29. The quantitative estimate of drug-likeness (QED) is 0.893. The molecule has 0 atom stereocenters. The van der Waals surface area contributed by atoms with Crippen LogP contribution >= 0.6 is 11.3 Å². The van der Waals surface area contributed by atoms with E-state index < -0.39 is 0 Å². The Bertz CT molecular complexity index is 487. The molecule has 1 saturated heterocycles. The molecular weight excluding hydrogens is 240 g/mol. The Labute approximate surface area is 112 Å². The first-order valence-electron chi connectivity index (χ1n) is 6.52. The summed E-state index contributed by atoms with van der Waals surface area (Å²) in [7, 11) is 0. The lowest BCUT2D eigenvalue weighted by Gasteiger charge is -2.21. The zero-order valence-electron chi connectivity index (χ0n) is 10.4. The molecule has 2 aromatic rings. The fourth-order valence-corrected chi connectivity index (χ4v) is 3.12. The highest BCUT2D eigenvalue weighted by atomic mass is 32.1. The fraction of sp³-hybridized carbons (Fsp3) is 0.333. The fourth-order valence-electron chi connectivity index (χ4n) is 2.45. The minimum Gasteiger partial charge on any atom is -0.379 e. The monoisotopic (exact) mass is 258 g/mol. The van der Waals surface area contributed by atoms with Crippen molar-refractivity contribution < 1.29 is 0 Å². The summed E-state index contributed by atoms with van der Waals surface area (Å²) in [4.78, 5) is 2.48. The van der Waals surface area contributed by atoms with Crippen molar-refractivity contribution in [1.29, 1.82) is 0 Å². The van der Waals surface area contributed by atoms with Gasteiger partial charge < -0.3 is 10.2 Å². The lowest BCUT2D eigenvalue weighted by Crippen LogP contribution is -2.19. The molecule has 0 radical (unpaired) electrons. The molecule has 0 unspecified atom stereocenters. The Kier molecular flexibility index (Phi) is 3.51. The van der Waals surface area contributed by atoms with E-state index in [1.807, 2.05) is 0 Å². The summed E-state index contributed by atoms with van der Waals surface area (Å²) in [5.41, 5.74) is 3.96. The third-order valence-corrected chi connectivity index (χ3v) is 4.15. The molecule has 1 fully saturated rings. The molecule has 0 amide bonds. The van der Waals surface area contributed by atoms with Crippen LogP contribution in [0.3, 0.4) is 0 Å². The van der Waals surface area contributed by atoms with Crippen molar-refractivity contribution in [3.8, 4) is 0 Å². The summed E-state index contributed by atoms with van der Waals surface area (Å²) < 4.78 is 0. The molecule has 94 valence electrons. The molecular formula is C15H18N2S. The van der Waals surface area contributed by atoms with E-state index in [2.05, 4.69) is 51.3 Å². The number of nitrogens with zero attached hydrogens (tertiary/aromatic N) is 1. The van der Waals surface area contributed by atoms with Gasteiger partial charge in [-0.1, -0.05) is 12.1 Å². The largest absolute Gasteiger partial charge is 0.379 e. The molecule has 1 N–H and O–H groups in total. The molecule has 3 rings (SSSR count). The lowest BCUT2D eigenvalue weighted by molar-refractivity contribution is 0.949. The minimum absolute atomic E-state index is 0.911. The Morgan fingerprint density at radius 3 is 2.72 bits per heavy atom. The van der Waals surface area contributed by atoms with E-state index in [-0.39, 0.29) is 0 Å². The predicted molar refractivity (Wildman–Crippen MR) is 79.5 cm³/mol. The third kappa shape index (κ3) is 2.51. The van der Waals surface area contributed by atoms with Gasteiger partial charge in [0.15, 0.2) is 0 Å². The number of benzene rings is 1. The van der Waals surface area contributed by atoms with Crippen molar-refractivity contribution in [3.05, 3.63) is 46.7 Å². The van der Waals surface area contributed by atoms with Crippen molar-refractivity contribution >= 4 is 22.7 Å². The van der Waals surface area contributed by atoms with E-state index in [0.29, 0.717) is 0 Å². The van der Waals surface area contributed by atoms with Crippen LogP contribution in [0.5, 0.6) is 0 Å². The Hall–Kier alpha value is -1.48. The van der Waals surface area contributed by atoms with Crippen LogP contribution in [0.15, 0.2) is 41.1 Å². The van der Waals surface area contributed by atoms with Gasteiger partial charge in [-0.25, -0.2) is 0 Å². The van der Waals surface area contributed by atoms with Crippen LogP contribution in [0.4, 0.5) is 11.4 Å². The summed E-state index contributed by atoms with van der Waals surface area (Å²) in [6, 6.07) is 10.8. The standard InChI is InChI=1S/C15H18N2S/c1-2-6-15(17-8-3-4-9-17)14(5-1)16-11-13-7-10-18-12-13/h1-2,5-7,10,12,16H,3-4,8-9,11H2. The summed E-state index contributed by atoms with van der Waals surface area (Å²) in [5, 5.41) is 7.89. The van der Waals surface area contributed by atoms with Gasteiger partial charge in [-0.3, -0.25) is 0 Å². The van der Waals surface area contributed by atoms with Crippen molar-refractivity contribution in [2.75, 3.05) is 23.3 Å². The number of hydrogen-bond acceptors (Lipinski definition) is 3. The molecule has 3 heteroatoms. The Morgan fingerprint density at radius 1 is 1.11 bits per heavy atom. The smallest absolute Gasteiger partial charge is 0.0602 e. The second-order valence-corrected chi connectivity index (χ2v) is 5.48. The molecule has 1 aliphatic rings. The number of rotatable bonds is 4. The van der Waals surface area contributed by atoms with Gasteiger partial charge in [-0.2, -0.15) is 11.3 Å². The average molecular weight is 258 g/mol. The van der Waals surface area contributed by atoms with Gasteiger partial charge in [-0.05, 0) is 47.4 Å². The predicted octanol–water partition coefficient (Wildman–Crippen LogP) is 3.96. The van der Waals surface area contributed by atoms with E-state index in [1.165, 1.54) is 42.9 Å². The second kappa shape index (κ2) is 5.44. The van der Waals surface area contributed by atoms with E-state index in [1.54, 1.807) is 11.3 Å². The molecule has 0 bridgehead atoms. The molecule has 18 heavy (non-hydrogen) atoms. The number of hydrogen-bond donors (Lipinski definition) is 1. The van der Waals surface area contributed by atoms with Gasteiger partial charge in [0, 0.05) is 19.6 Å². The summed E-state index contributed by atoms with van der Waals surface area (Å²) >= 11 is 1.75. The Morgan fingerprint density at radius 2 is 1.94 bits per heavy atom. The molecule has 1 aromatic carbocycles. The molecule has 0 spiro atoms. The van der Waals surface area contributed by atoms with E-state index >= 15 is 0 Å². The van der Waals surface area contributed by atoms with Gasteiger partial charge in [0.2, 0.25) is 0 Å². The highest BCUT2D eigenvalue weighted by Crippen LogP contribution is 2.29. The number of anilines is 2. The van der Waals surface area contributed by atoms with E-state index in [4.69, 9.17) is 0 Å². The van der Waals surface area contributed by atoms with Gasteiger partial charge in [0.1, 0.15) is 0 Å². The Balaban J connectivity index is 1.74. The first kappa shape index (κ1) is 11.6. The zero-order valence-corrected chi connectivity index (χ0v) is 11.2. The molecule has 1 aliphatic heterocycles. The van der Waals surface area contributed by atoms with Crippen molar-refractivity contribution in [3.63, 3.8) is 0 Å². The first-order chi connectivity index (χ1) is 8.93. The molecule has 2 nitrogen and oxygen atoms in total. The summed E-state index contributed by atoms with van der Waals surface area (Å²) in [6.07, 6.45) is 2.64. The zero-order chi connectivity index (χ0) is 12.2. The molecule has 0 aliphatic carbocycles. The second-order valence-electron chi connectivity index (χ2n) is 4.70. The van der Waals surface area contributed by atoms with Gasteiger partial charge in [0.05, 0.1) is 11.4 Å². The van der Waals surface area contributed by atoms with Crippen LogP contribution in [0.1, 0.15) is 18.4 Å². The van der Waals surface area contributed by atoms with Crippen LogP contribution in [-0.4, -0.2) is 13.1 Å². The van der Waals surface area contributed by atoms with Crippen LogP contribution in [0.25, 0.3) is 0 Å². The third-order valence-electron chi connectivity index (χ3n) is 3.41. The average Bonchev–Trinajstić information content (AvgIpc) is 3.10. The minimum atomic E-state index is 0.911. The van der Waals surface area contributed by atoms with Crippen molar-refractivity contribution in [2.45, 2.75) is 19.4 Å². The van der Waals surface area contributed by atoms with Crippen LogP contribution in [0, 0.1) is 0 Å². The number of para-hydroxylation sites is 2. The highest BCUT2D eigenvalue weighted by molar-refractivity contribution is 7.07. The van der Waals surface area contributed by atoms with Crippen LogP contribution in [-0.2, 0) is 6.54 Å². The van der Waals surface area contributed by atoms with Gasteiger partial charge in [0.25, 0.3) is 0 Å². The van der Waals surface area contributed by atoms with Gasteiger partial charge >= 0.3 is 0 Å². The maximum atomic E-state index is 3.56. The highest BCUT2D eigenvalue weighted by Gasteiger charge is 2.14. The van der Waals surface area contributed by atoms with Crippen LogP contribution in [0.2, 0.25) is 0 Å². The van der Waals surface area contributed by atoms with E-state index in [9.17, 15) is 0 Å². The van der Waals surface area contributed by atoms with Crippen molar-refractivity contribution in [2.24, 2.45) is 0 Å². The SMILES string of the molecule is c1ccc(N2CCCC2)c(NCc2ccsc2)c1. The normalized spacial score (nSPS) is 15.0. The topological polar surface area (TPSA) is 15.3 Å². The summed E-state index contributed by atoms with van der Waals surface area (Å²) in [5.74, 6) is 0. The molecule has 0 saturated carbocycles. The maximum Gasteiger partial charge on any atom is 0.0602 e. The van der Waals surface area contributed by atoms with E-state index in [0.717, 1.165) is 6.54 Å². The molecule has 2 heterocycles. The number of thiophene rings is 1. The first-order valence-corrected chi connectivity index (χ1v) is 7.47. The van der Waals surface area contributed by atoms with Gasteiger partial charge in [-0.15, -0.1) is 0 Å². The lowest BCUT2D eigenvalue weighted by atomic mass is 10.2. The van der Waals surface area contributed by atoms with Crippen LogP contribution < -0.4 is 10.2 Å². The maximum absolute atomic E-state index is 3.56. The number of nitrogens with one attached hydrogen (secondary N) is 1. The van der Waals surface area contributed by atoms with Crippen molar-refractivity contribution in [1.82, 2.24) is 0 Å². The molecule has 1 aromatic heterocycles.